The van der Waals surface area contributed by atoms with Crippen LogP contribution in [0.1, 0.15) is 16.8 Å². The van der Waals surface area contributed by atoms with E-state index in [1.54, 1.807) is 17.1 Å². The van der Waals surface area contributed by atoms with Crippen molar-refractivity contribution in [2.75, 3.05) is 5.32 Å². The molecule has 0 aliphatic carbocycles. The predicted octanol–water partition coefficient (Wildman–Crippen LogP) is 5.75. The minimum atomic E-state index is -0.183. The lowest BCUT2D eigenvalue weighted by molar-refractivity contribution is -0.116. The fraction of sp³-hybridized carbons (Fsp3) is 0.133. The first-order valence-electron chi connectivity index (χ1n) is 12.2. The van der Waals surface area contributed by atoms with Gasteiger partial charge in [-0.05, 0) is 47.4 Å². The van der Waals surface area contributed by atoms with Gasteiger partial charge in [0.25, 0.3) is 0 Å². The molecule has 3 aromatic carbocycles. The van der Waals surface area contributed by atoms with Gasteiger partial charge in [-0.3, -0.25) is 9.48 Å². The highest BCUT2D eigenvalue weighted by molar-refractivity contribution is 5.96. The number of hydrogen-bond donors (Lipinski definition) is 1. The topological polar surface area (TPSA) is 77.6 Å². The molecule has 1 amide bonds. The molecule has 6 aromatic rings. The van der Waals surface area contributed by atoms with E-state index in [-0.39, 0.29) is 12.5 Å². The molecule has 0 spiro atoms. The molecule has 1 N–H and O–H groups in total. The van der Waals surface area contributed by atoms with Crippen molar-refractivity contribution in [3.8, 4) is 11.1 Å². The van der Waals surface area contributed by atoms with E-state index in [0.29, 0.717) is 17.9 Å². The molecular formula is C30H26N6O. The smallest absolute Gasteiger partial charge is 0.246 e. The normalized spacial score (nSPS) is 11.3. The number of benzene rings is 3. The van der Waals surface area contributed by atoms with E-state index in [9.17, 15) is 4.79 Å². The monoisotopic (exact) mass is 486 g/mol. The first-order chi connectivity index (χ1) is 18.0. The highest BCUT2D eigenvalue weighted by Gasteiger charge is 2.16. The van der Waals surface area contributed by atoms with Crippen molar-refractivity contribution in [3.63, 3.8) is 0 Å². The van der Waals surface area contributed by atoms with Crippen LogP contribution >= 0.6 is 0 Å². The Balaban J connectivity index is 1.20. The molecule has 0 radical (unpaired) electrons. The highest BCUT2D eigenvalue weighted by Crippen LogP contribution is 2.30. The molecule has 3 heterocycles. The molecule has 0 saturated heterocycles. The number of aryl methyl sites for hydroxylation is 2. The van der Waals surface area contributed by atoms with Crippen LogP contribution in [0.5, 0.6) is 0 Å². The van der Waals surface area contributed by atoms with E-state index in [4.69, 9.17) is 0 Å². The SMILES string of the molecule is Cc1cccc(-c2ccnc3c2c(C)nn3CC(=O)Nc2cnn(Cc3cccc4ccccc34)c2)c1. The molecule has 7 heteroatoms. The van der Waals surface area contributed by atoms with Gasteiger partial charge in [0.1, 0.15) is 6.54 Å². The zero-order valence-electron chi connectivity index (χ0n) is 20.7. The van der Waals surface area contributed by atoms with Crippen LogP contribution in [0.4, 0.5) is 5.69 Å². The van der Waals surface area contributed by atoms with Gasteiger partial charge in [-0.2, -0.15) is 10.2 Å². The van der Waals surface area contributed by atoms with Crippen molar-refractivity contribution < 1.29 is 4.79 Å². The van der Waals surface area contributed by atoms with Crippen LogP contribution < -0.4 is 5.32 Å². The van der Waals surface area contributed by atoms with E-state index < -0.39 is 0 Å². The van der Waals surface area contributed by atoms with Crippen LogP contribution in [-0.2, 0) is 17.9 Å². The molecule has 0 fully saturated rings. The Bertz CT molecular complexity index is 1760. The molecule has 0 saturated carbocycles. The maximum atomic E-state index is 12.9. The quantitative estimate of drug-likeness (QED) is 0.325. The number of hydrogen-bond acceptors (Lipinski definition) is 4. The number of carbonyl (C=O) groups excluding carboxylic acids is 1. The lowest BCUT2D eigenvalue weighted by Crippen LogP contribution is -2.19. The van der Waals surface area contributed by atoms with Crippen LogP contribution in [0.25, 0.3) is 32.9 Å². The minimum Gasteiger partial charge on any atom is -0.322 e. The van der Waals surface area contributed by atoms with Crippen molar-refractivity contribution in [2.24, 2.45) is 0 Å². The van der Waals surface area contributed by atoms with E-state index >= 15 is 0 Å². The molecular weight excluding hydrogens is 460 g/mol. The van der Waals surface area contributed by atoms with Crippen LogP contribution in [-0.4, -0.2) is 30.5 Å². The van der Waals surface area contributed by atoms with Gasteiger partial charge in [0.15, 0.2) is 5.65 Å². The third-order valence-electron chi connectivity index (χ3n) is 6.56. The number of rotatable bonds is 6. The van der Waals surface area contributed by atoms with Crippen molar-refractivity contribution in [2.45, 2.75) is 26.9 Å². The Labute approximate surface area is 214 Å². The summed E-state index contributed by atoms with van der Waals surface area (Å²) >= 11 is 0. The molecule has 7 nitrogen and oxygen atoms in total. The third kappa shape index (κ3) is 4.47. The van der Waals surface area contributed by atoms with Crippen molar-refractivity contribution in [1.29, 1.82) is 0 Å². The summed E-state index contributed by atoms with van der Waals surface area (Å²) in [5.41, 5.74) is 6.71. The second-order valence-corrected chi connectivity index (χ2v) is 9.28. The summed E-state index contributed by atoms with van der Waals surface area (Å²) in [6.07, 6.45) is 5.29. The molecule has 0 aliphatic heterocycles. The molecule has 0 unspecified atom stereocenters. The second kappa shape index (κ2) is 9.35. The number of fused-ring (bicyclic) bond motifs is 2. The number of pyridine rings is 1. The van der Waals surface area contributed by atoms with Gasteiger partial charge in [0, 0.05) is 17.8 Å². The first-order valence-corrected chi connectivity index (χ1v) is 12.2. The lowest BCUT2D eigenvalue weighted by atomic mass is 10.0. The van der Waals surface area contributed by atoms with E-state index in [1.807, 2.05) is 42.1 Å². The number of nitrogens with zero attached hydrogens (tertiary/aromatic N) is 5. The van der Waals surface area contributed by atoms with Gasteiger partial charge in [-0.1, -0.05) is 72.3 Å². The Morgan fingerprint density at radius 2 is 1.81 bits per heavy atom. The molecule has 182 valence electrons. The number of nitrogens with one attached hydrogen (secondary N) is 1. The highest BCUT2D eigenvalue weighted by atomic mass is 16.2. The fourth-order valence-corrected chi connectivity index (χ4v) is 4.90. The molecule has 37 heavy (non-hydrogen) atoms. The van der Waals surface area contributed by atoms with Crippen molar-refractivity contribution in [1.82, 2.24) is 24.5 Å². The van der Waals surface area contributed by atoms with Crippen molar-refractivity contribution in [3.05, 3.63) is 108 Å². The summed E-state index contributed by atoms with van der Waals surface area (Å²) in [5, 5.41) is 15.4. The summed E-state index contributed by atoms with van der Waals surface area (Å²) in [6.45, 7) is 4.71. The van der Waals surface area contributed by atoms with Gasteiger partial charge in [0.2, 0.25) is 5.91 Å². The van der Waals surface area contributed by atoms with Gasteiger partial charge < -0.3 is 5.32 Å². The fourth-order valence-electron chi connectivity index (χ4n) is 4.90. The molecule has 3 aromatic heterocycles. The third-order valence-corrected chi connectivity index (χ3v) is 6.56. The lowest BCUT2D eigenvalue weighted by Gasteiger charge is -2.07. The predicted molar refractivity (Wildman–Crippen MR) is 146 cm³/mol. The van der Waals surface area contributed by atoms with Crippen LogP contribution in [0.3, 0.4) is 0 Å². The maximum absolute atomic E-state index is 12.9. The van der Waals surface area contributed by atoms with Crippen LogP contribution in [0.2, 0.25) is 0 Å². The molecule has 6 rings (SSSR count). The van der Waals surface area contributed by atoms with E-state index in [2.05, 4.69) is 76.0 Å². The zero-order valence-corrected chi connectivity index (χ0v) is 20.7. The molecule has 0 aliphatic rings. The number of carbonyl (C=O) groups is 1. The Kier molecular flexibility index (Phi) is 5.73. The Hall–Kier alpha value is -4.78. The summed E-state index contributed by atoms with van der Waals surface area (Å²) < 4.78 is 3.50. The van der Waals surface area contributed by atoms with Gasteiger partial charge in [-0.25, -0.2) is 9.67 Å². The number of amides is 1. The molecule has 0 atom stereocenters. The minimum absolute atomic E-state index is 0.0586. The summed E-state index contributed by atoms with van der Waals surface area (Å²) in [6, 6.07) is 24.9. The van der Waals surface area contributed by atoms with Crippen LogP contribution in [0, 0.1) is 13.8 Å². The Morgan fingerprint density at radius 3 is 2.70 bits per heavy atom. The van der Waals surface area contributed by atoms with Gasteiger partial charge in [0.05, 0.1) is 24.1 Å². The largest absolute Gasteiger partial charge is 0.322 e. The summed E-state index contributed by atoms with van der Waals surface area (Å²) in [5.74, 6) is -0.183. The zero-order chi connectivity index (χ0) is 25.4. The Morgan fingerprint density at radius 1 is 0.973 bits per heavy atom. The van der Waals surface area contributed by atoms with Crippen molar-refractivity contribution >= 4 is 33.4 Å². The van der Waals surface area contributed by atoms with Gasteiger partial charge in [-0.15, -0.1) is 0 Å². The average Bonchev–Trinajstić information content (AvgIpc) is 3.47. The standard InChI is InChI=1S/C30H26N6O/c1-20-7-5-10-23(15-20)27-13-14-31-30-29(27)21(2)34-36(30)19-28(37)33-25-16-32-35(18-25)17-24-11-6-9-22-8-3-4-12-26(22)24/h3-16,18H,17,19H2,1-2H3,(H,33,37). The van der Waals surface area contributed by atoms with E-state index in [0.717, 1.165) is 22.2 Å². The number of aromatic nitrogens is 5. The van der Waals surface area contributed by atoms with E-state index in [1.165, 1.54) is 21.9 Å². The molecule has 0 bridgehead atoms. The summed E-state index contributed by atoms with van der Waals surface area (Å²) in [7, 11) is 0. The number of anilines is 1. The second-order valence-electron chi connectivity index (χ2n) is 9.28. The maximum Gasteiger partial charge on any atom is 0.246 e. The average molecular weight is 487 g/mol. The summed E-state index contributed by atoms with van der Waals surface area (Å²) in [4.78, 5) is 17.5. The first kappa shape index (κ1) is 22.7. The van der Waals surface area contributed by atoms with Crippen LogP contribution in [0.15, 0.2) is 91.4 Å². The van der Waals surface area contributed by atoms with Gasteiger partial charge >= 0.3 is 0 Å².